The fourth-order valence-electron chi connectivity index (χ4n) is 6.67. The first-order valence-corrected chi connectivity index (χ1v) is 22.6. The molecule has 0 heterocycles. The Morgan fingerprint density at radius 1 is 0.385 bits per heavy atom. The Balaban J connectivity index is 4.35. The van der Waals surface area contributed by atoms with Crippen LogP contribution in [-0.4, -0.2) is 37.2 Å². The van der Waals surface area contributed by atoms with Crippen LogP contribution in [0.3, 0.4) is 0 Å². The van der Waals surface area contributed by atoms with Crippen molar-refractivity contribution in [3.05, 3.63) is 0 Å². The number of esters is 3. The highest BCUT2D eigenvalue weighted by Gasteiger charge is 2.19. The van der Waals surface area contributed by atoms with E-state index in [4.69, 9.17) is 14.2 Å². The number of carbonyl (C=O) groups is 3. The molecule has 0 fully saturated rings. The van der Waals surface area contributed by atoms with Crippen LogP contribution in [0.4, 0.5) is 0 Å². The Kier molecular flexibility index (Phi) is 36.6. The molecule has 0 aliphatic carbocycles. The molecule has 0 aromatic rings. The minimum atomic E-state index is -0.762. The summed E-state index contributed by atoms with van der Waals surface area (Å²) in [5.41, 5.74) is 0. The third-order valence-corrected chi connectivity index (χ3v) is 10.5. The number of hydrogen-bond donors (Lipinski definition) is 0. The van der Waals surface area contributed by atoms with Crippen molar-refractivity contribution in [2.24, 2.45) is 17.8 Å². The molecule has 0 amide bonds. The van der Waals surface area contributed by atoms with Gasteiger partial charge in [-0.3, -0.25) is 14.4 Å². The van der Waals surface area contributed by atoms with Gasteiger partial charge in [-0.05, 0) is 37.0 Å². The van der Waals surface area contributed by atoms with Gasteiger partial charge in [-0.25, -0.2) is 0 Å². The zero-order valence-corrected chi connectivity index (χ0v) is 35.6. The third-order valence-electron chi connectivity index (χ3n) is 10.5. The predicted molar refractivity (Wildman–Crippen MR) is 219 cm³/mol. The second kappa shape index (κ2) is 37.7. The highest BCUT2D eigenvalue weighted by atomic mass is 16.6. The quantitative estimate of drug-likeness (QED) is 0.0355. The molecule has 1 unspecified atom stereocenters. The van der Waals surface area contributed by atoms with Crippen LogP contribution in [-0.2, 0) is 28.6 Å². The van der Waals surface area contributed by atoms with E-state index in [-0.39, 0.29) is 31.1 Å². The molecule has 0 bridgehead atoms. The van der Waals surface area contributed by atoms with E-state index in [2.05, 4.69) is 41.5 Å². The normalized spacial score (nSPS) is 12.7. The second-order valence-electron chi connectivity index (χ2n) is 16.9. The monoisotopic (exact) mass is 737 g/mol. The highest BCUT2D eigenvalue weighted by Crippen LogP contribution is 2.17. The molecule has 52 heavy (non-hydrogen) atoms. The minimum Gasteiger partial charge on any atom is -0.462 e. The summed E-state index contributed by atoms with van der Waals surface area (Å²) in [6, 6.07) is 0. The first-order chi connectivity index (χ1) is 25.1. The maximum Gasteiger partial charge on any atom is 0.306 e. The lowest BCUT2D eigenvalue weighted by molar-refractivity contribution is -0.167. The standard InChI is InChI=1S/C46H88O6/c1-7-42(6)34-28-22-15-12-13-16-23-29-35-44(47)50-38-43(39-51-45(48)36-30-24-19-18-21-27-33-41(4)5)52-46(49)37-31-25-17-11-9-8-10-14-20-26-32-40(2)3/h40-43H,7-39H2,1-6H3/t42?,43-/m1/s1. The van der Waals surface area contributed by atoms with Crippen molar-refractivity contribution >= 4 is 17.9 Å². The third kappa shape index (κ3) is 38.1. The molecule has 0 spiro atoms. The maximum absolute atomic E-state index is 12.7. The molecular weight excluding hydrogens is 648 g/mol. The second-order valence-corrected chi connectivity index (χ2v) is 16.9. The van der Waals surface area contributed by atoms with E-state index in [9.17, 15) is 14.4 Å². The first kappa shape index (κ1) is 50.4. The van der Waals surface area contributed by atoms with Crippen molar-refractivity contribution < 1.29 is 28.6 Å². The Morgan fingerprint density at radius 3 is 1.00 bits per heavy atom. The van der Waals surface area contributed by atoms with Gasteiger partial charge in [0.15, 0.2) is 6.10 Å². The molecule has 0 aliphatic heterocycles. The Bertz CT molecular complexity index is 809. The maximum atomic E-state index is 12.7. The summed E-state index contributed by atoms with van der Waals surface area (Å²) in [5.74, 6) is 1.56. The van der Waals surface area contributed by atoms with Crippen molar-refractivity contribution in [3.8, 4) is 0 Å². The van der Waals surface area contributed by atoms with E-state index in [0.717, 1.165) is 75.5 Å². The summed E-state index contributed by atoms with van der Waals surface area (Å²) < 4.78 is 16.7. The molecule has 0 rings (SSSR count). The van der Waals surface area contributed by atoms with E-state index in [1.807, 2.05) is 0 Å². The van der Waals surface area contributed by atoms with Crippen LogP contribution in [0.5, 0.6) is 0 Å². The molecule has 6 nitrogen and oxygen atoms in total. The molecule has 2 atom stereocenters. The van der Waals surface area contributed by atoms with E-state index in [1.54, 1.807) is 0 Å². The molecule has 0 aliphatic rings. The Morgan fingerprint density at radius 2 is 0.673 bits per heavy atom. The summed E-state index contributed by atoms with van der Waals surface area (Å²) >= 11 is 0. The van der Waals surface area contributed by atoms with Crippen LogP contribution in [0.15, 0.2) is 0 Å². The van der Waals surface area contributed by atoms with Crippen molar-refractivity contribution in [2.45, 2.75) is 247 Å². The lowest BCUT2D eigenvalue weighted by Gasteiger charge is -2.18. The molecule has 0 aromatic heterocycles. The number of unbranched alkanes of at least 4 members (excludes halogenated alkanes) is 21. The van der Waals surface area contributed by atoms with Crippen LogP contribution >= 0.6 is 0 Å². The average molecular weight is 737 g/mol. The smallest absolute Gasteiger partial charge is 0.306 e. The SMILES string of the molecule is CCC(C)CCCCCCCCCCC(=O)OC[C@H](COC(=O)CCCCCCCCC(C)C)OC(=O)CCCCCCCCCCCCC(C)C. The van der Waals surface area contributed by atoms with Gasteiger partial charge in [-0.15, -0.1) is 0 Å². The molecule has 0 N–H and O–H groups in total. The van der Waals surface area contributed by atoms with Gasteiger partial charge in [0.2, 0.25) is 0 Å². The first-order valence-electron chi connectivity index (χ1n) is 22.6. The zero-order valence-electron chi connectivity index (χ0n) is 35.6. The fraction of sp³-hybridized carbons (Fsp3) is 0.935. The van der Waals surface area contributed by atoms with Gasteiger partial charge in [-0.2, -0.15) is 0 Å². The van der Waals surface area contributed by atoms with Crippen molar-refractivity contribution in [2.75, 3.05) is 13.2 Å². The molecule has 0 saturated heterocycles. The Labute approximate surface area is 323 Å². The molecular formula is C46H88O6. The number of rotatable bonds is 39. The fourth-order valence-corrected chi connectivity index (χ4v) is 6.67. The largest absolute Gasteiger partial charge is 0.462 e. The molecule has 0 radical (unpaired) electrons. The summed E-state index contributed by atoms with van der Waals surface area (Å²) in [4.78, 5) is 37.7. The van der Waals surface area contributed by atoms with Gasteiger partial charge in [0.1, 0.15) is 13.2 Å². The van der Waals surface area contributed by atoms with Crippen LogP contribution in [0.2, 0.25) is 0 Å². The van der Waals surface area contributed by atoms with E-state index < -0.39 is 6.10 Å². The summed E-state index contributed by atoms with van der Waals surface area (Å²) in [5, 5.41) is 0. The lowest BCUT2D eigenvalue weighted by atomic mass is 9.99. The molecule has 0 aromatic carbocycles. The predicted octanol–water partition coefficient (Wildman–Crippen LogP) is 14.0. The van der Waals surface area contributed by atoms with Crippen molar-refractivity contribution in [1.82, 2.24) is 0 Å². The summed E-state index contributed by atoms with van der Waals surface area (Å²) in [6.45, 7) is 13.6. The number of ether oxygens (including phenoxy) is 3. The minimum absolute atomic E-state index is 0.0671. The van der Waals surface area contributed by atoms with Gasteiger partial charge >= 0.3 is 17.9 Å². The number of hydrogen-bond acceptors (Lipinski definition) is 6. The van der Waals surface area contributed by atoms with Gasteiger partial charge in [0, 0.05) is 19.3 Å². The average Bonchev–Trinajstić information content (AvgIpc) is 3.11. The van der Waals surface area contributed by atoms with Gasteiger partial charge < -0.3 is 14.2 Å². The molecule has 6 heteroatoms. The molecule has 308 valence electrons. The Hall–Kier alpha value is -1.59. The van der Waals surface area contributed by atoms with Gasteiger partial charge in [-0.1, -0.05) is 202 Å². The van der Waals surface area contributed by atoms with Crippen LogP contribution in [0.25, 0.3) is 0 Å². The van der Waals surface area contributed by atoms with Gasteiger partial charge in [0.25, 0.3) is 0 Å². The van der Waals surface area contributed by atoms with E-state index in [0.29, 0.717) is 19.3 Å². The van der Waals surface area contributed by atoms with E-state index >= 15 is 0 Å². The topological polar surface area (TPSA) is 78.9 Å². The summed E-state index contributed by atoms with van der Waals surface area (Å²) in [6.07, 6.45) is 33.8. The summed E-state index contributed by atoms with van der Waals surface area (Å²) in [7, 11) is 0. The molecule has 0 saturated carbocycles. The van der Waals surface area contributed by atoms with Crippen LogP contribution in [0.1, 0.15) is 241 Å². The van der Waals surface area contributed by atoms with Crippen molar-refractivity contribution in [3.63, 3.8) is 0 Å². The van der Waals surface area contributed by atoms with Gasteiger partial charge in [0.05, 0.1) is 0 Å². The number of carbonyl (C=O) groups excluding carboxylic acids is 3. The van der Waals surface area contributed by atoms with Crippen molar-refractivity contribution in [1.29, 1.82) is 0 Å². The zero-order chi connectivity index (χ0) is 38.5. The lowest BCUT2D eigenvalue weighted by Crippen LogP contribution is -2.30. The van der Waals surface area contributed by atoms with Crippen LogP contribution < -0.4 is 0 Å². The van der Waals surface area contributed by atoms with Crippen LogP contribution in [0, 0.1) is 17.8 Å². The van der Waals surface area contributed by atoms with E-state index in [1.165, 1.54) is 122 Å². The highest BCUT2D eigenvalue weighted by molar-refractivity contribution is 5.71.